The lowest BCUT2D eigenvalue weighted by molar-refractivity contribution is -0.140. The SMILES string of the molecule is COC(=O)C[C@H](C)SCc1csc(C(C)C)n1. The van der Waals surface area contributed by atoms with Crippen LogP contribution in [0.25, 0.3) is 0 Å². The molecule has 1 heterocycles. The second kappa shape index (κ2) is 7.01. The van der Waals surface area contributed by atoms with Gasteiger partial charge in [0.15, 0.2) is 0 Å². The molecule has 0 bridgehead atoms. The van der Waals surface area contributed by atoms with Crippen molar-refractivity contribution in [3.63, 3.8) is 0 Å². The summed E-state index contributed by atoms with van der Waals surface area (Å²) in [5, 5.41) is 3.56. The summed E-state index contributed by atoms with van der Waals surface area (Å²) in [4.78, 5) is 15.6. The number of hydrogen-bond donors (Lipinski definition) is 0. The number of hydrogen-bond acceptors (Lipinski definition) is 5. The highest BCUT2D eigenvalue weighted by molar-refractivity contribution is 7.99. The van der Waals surface area contributed by atoms with E-state index in [-0.39, 0.29) is 11.2 Å². The van der Waals surface area contributed by atoms with E-state index < -0.39 is 0 Å². The number of thioether (sulfide) groups is 1. The van der Waals surface area contributed by atoms with Gasteiger partial charge in [0.2, 0.25) is 0 Å². The molecule has 0 amide bonds. The molecule has 0 spiro atoms. The minimum atomic E-state index is -0.147. The van der Waals surface area contributed by atoms with Crippen molar-refractivity contribution in [2.75, 3.05) is 7.11 Å². The Kier molecular flexibility index (Phi) is 5.98. The molecule has 0 aliphatic rings. The largest absolute Gasteiger partial charge is 0.469 e. The maximum atomic E-state index is 11.1. The first-order valence-electron chi connectivity index (χ1n) is 5.65. The highest BCUT2D eigenvalue weighted by Gasteiger charge is 2.11. The third kappa shape index (κ3) is 5.08. The number of methoxy groups -OCH3 is 1. The minimum absolute atomic E-state index is 0.147. The molecule has 3 nitrogen and oxygen atoms in total. The van der Waals surface area contributed by atoms with Crippen molar-refractivity contribution in [2.45, 2.75) is 44.1 Å². The molecule has 0 N–H and O–H groups in total. The molecule has 1 atom stereocenters. The highest BCUT2D eigenvalue weighted by atomic mass is 32.2. The summed E-state index contributed by atoms with van der Waals surface area (Å²) in [7, 11) is 1.43. The van der Waals surface area contributed by atoms with E-state index in [1.54, 1.807) is 23.1 Å². The number of aromatic nitrogens is 1. The normalized spacial score (nSPS) is 12.8. The number of carbonyl (C=O) groups excluding carboxylic acids is 1. The monoisotopic (exact) mass is 273 g/mol. The van der Waals surface area contributed by atoms with Crippen molar-refractivity contribution >= 4 is 29.1 Å². The number of esters is 1. The third-order valence-electron chi connectivity index (χ3n) is 2.26. The van der Waals surface area contributed by atoms with Gasteiger partial charge in [0.1, 0.15) is 0 Å². The molecule has 5 heteroatoms. The average Bonchev–Trinajstić information content (AvgIpc) is 2.75. The second-order valence-corrected chi connectivity index (χ2v) is 6.55. The van der Waals surface area contributed by atoms with Crippen LogP contribution in [0.4, 0.5) is 0 Å². The minimum Gasteiger partial charge on any atom is -0.469 e. The number of thiazole rings is 1. The summed E-state index contributed by atoms with van der Waals surface area (Å²) in [6.45, 7) is 6.34. The zero-order chi connectivity index (χ0) is 12.8. The fourth-order valence-electron chi connectivity index (χ4n) is 1.26. The molecule has 0 saturated heterocycles. The van der Waals surface area contributed by atoms with Crippen LogP contribution in [0.15, 0.2) is 5.38 Å². The molecule has 0 saturated carbocycles. The molecule has 17 heavy (non-hydrogen) atoms. The molecule has 0 aliphatic heterocycles. The number of rotatable bonds is 6. The van der Waals surface area contributed by atoms with Gasteiger partial charge in [-0.1, -0.05) is 20.8 Å². The van der Waals surface area contributed by atoms with E-state index in [2.05, 4.69) is 28.9 Å². The Hall–Kier alpha value is -0.550. The van der Waals surface area contributed by atoms with Gasteiger partial charge in [-0.2, -0.15) is 11.8 Å². The third-order valence-corrected chi connectivity index (χ3v) is 4.65. The van der Waals surface area contributed by atoms with Gasteiger partial charge in [-0.15, -0.1) is 11.3 Å². The van der Waals surface area contributed by atoms with Gasteiger partial charge >= 0.3 is 5.97 Å². The molecular formula is C12H19NO2S2. The van der Waals surface area contributed by atoms with Crippen LogP contribution in [0.2, 0.25) is 0 Å². The fraction of sp³-hybridized carbons (Fsp3) is 0.667. The van der Waals surface area contributed by atoms with Crippen LogP contribution in [-0.2, 0) is 15.3 Å². The summed E-state index contributed by atoms with van der Waals surface area (Å²) in [6, 6.07) is 0. The zero-order valence-electron chi connectivity index (χ0n) is 10.7. The molecule has 1 aromatic heterocycles. The predicted octanol–water partition coefficient (Wildman–Crippen LogP) is 3.45. The average molecular weight is 273 g/mol. The van der Waals surface area contributed by atoms with Crippen molar-refractivity contribution in [1.29, 1.82) is 0 Å². The first-order chi connectivity index (χ1) is 8.02. The van der Waals surface area contributed by atoms with E-state index >= 15 is 0 Å². The highest BCUT2D eigenvalue weighted by Crippen LogP contribution is 2.24. The van der Waals surface area contributed by atoms with Crippen LogP contribution in [0.3, 0.4) is 0 Å². The Bertz CT molecular complexity index is 363. The zero-order valence-corrected chi connectivity index (χ0v) is 12.4. The first-order valence-corrected chi connectivity index (χ1v) is 7.58. The Morgan fingerprint density at radius 1 is 1.53 bits per heavy atom. The van der Waals surface area contributed by atoms with Gasteiger partial charge < -0.3 is 4.74 Å². The van der Waals surface area contributed by atoms with E-state index in [0.29, 0.717) is 12.3 Å². The molecule has 0 aliphatic carbocycles. The van der Waals surface area contributed by atoms with Crippen LogP contribution in [0.5, 0.6) is 0 Å². The maximum Gasteiger partial charge on any atom is 0.306 e. The standard InChI is InChI=1S/C12H19NO2S2/c1-8(2)12-13-10(7-17-12)6-16-9(3)5-11(14)15-4/h7-9H,5-6H2,1-4H3/t9-/m0/s1. The van der Waals surface area contributed by atoms with Crippen molar-refractivity contribution in [3.05, 3.63) is 16.1 Å². The topological polar surface area (TPSA) is 39.2 Å². The Morgan fingerprint density at radius 3 is 2.76 bits per heavy atom. The van der Waals surface area contributed by atoms with Crippen molar-refractivity contribution in [3.8, 4) is 0 Å². The van der Waals surface area contributed by atoms with Crippen LogP contribution >= 0.6 is 23.1 Å². The quantitative estimate of drug-likeness (QED) is 0.744. The van der Waals surface area contributed by atoms with Gasteiger partial charge in [-0.05, 0) is 0 Å². The van der Waals surface area contributed by atoms with E-state index in [0.717, 1.165) is 11.4 Å². The molecule has 1 aromatic rings. The number of ether oxygens (including phenoxy) is 1. The molecule has 1 rings (SSSR count). The van der Waals surface area contributed by atoms with E-state index in [4.69, 9.17) is 0 Å². The van der Waals surface area contributed by atoms with Gasteiger partial charge in [-0.25, -0.2) is 4.98 Å². The van der Waals surface area contributed by atoms with Gasteiger partial charge in [0, 0.05) is 22.3 Å². The van der Waals surface area contributed by atoms with Gasteiger partial charge in [0.05, 0.1) is 24.2 Å². The van der Waals surface area contributed by atoms with Crippen LogP contribution in [0.1, 0.15) is 43.8 Å². The summed E-state index contributed by atoms with van der Waals surface area (Å²) >= 11 is 3.45. The Morgan fingerprint density at radius 2 is 2.24 bits per heavy atom. The molecule has 0 radical (unpaired) electrons. The lowest BCUT2D eigenvalue weighted by atomic mass is 10.2. The van der Waals surface area contributed by atoms with E-state index in [9.17, 15) is 4.79 Å². The fourth-order valence-corrected chi connectivity index (χ4v) is 3.06. The molecular weight excluding hydrogens is 254 g/mol. The van der Waals surface area contributed by atoms with Gasteiger partial charge in [0.25, 0.3) is 0 Å². The Labute approximate surface area is 111 Å². The Balaban J connectivity index is 2.36. The van der Waals surface area contributed by atoms with Crippen LogP contribution in [-0.4, -0.2) is 23.3 Å². The number of nitrogens with zero attached hydrogens (tertiary/aromatic N) is 1. The molecule has 0 aromatic carbocycles. The van der Waals surface area contributed by atoms with Crippen molar-refractivity contribution < 1.29 is 9.53 Å². The molecule has 96 valence electrons. The smallest absolute Gasteiger partial charge is 0.306 e. The molecule has 0 unspecified atom stereocenters. The summed E-state index contributed by atoms with van der Waals surface area (Å²) in [5.41, 5.74) is 1.11. The van der Waals surface area contributed by atoms with Crippen molar-refractivity contribution in [2.24, 2.45) is 0 Å². The predicted molar refractivity (Wildman–Crippen MR) is 73.6 cm³/mol. The van der Waals surface area contributed by atoms with Gasteiger partial charge in [-0.3, -0.25) is 4.79 Å². The number of carbonyl (C=O) groups is 1. The maximum absolute atomic E-state index is 11.1. The lowest BCUT2D eigenvalue weighted by Crippen LogP contribution is -2.08. The molecule has 0 fully saturated rings. The second-order valence-electron chi connectivity index (χ2n) is 4.23. The lowest BCUT2D eigenvalue weighted by Gasteiger charge is -2.08. The first kappa shape index (κ1) is 14.5. The van der Waals surface area contributed by atoms with E-state index in [1.165, 1.54) is 12.1 Å². The van der Waals surface area contributed by atoms with Crippen LogP contribution < -0.4 is 0 Å². The summed E-state index contributed by atoms with van der Waals surface area (Å²) in [5.74, 6) is 1.21. The summed E-state index contributed by atoms with van der Waals surface area (Å²) < 4.78 is 4.64. The summed E-state index contributed by atoms with van der Waals surface area (Å²) in [6.07, 6.45) is 0.461. The van der Waals surface area contributed by atoms with Crippen molar-refractivity contribution in [1.82, 2.24) is 4.98 Å². The van der Waals surface area contributed by atoms with Crippen LogP contribution in [0, 0.1) is 0 Å². The van der Waals surface area contributed by atoms with E-state index in [1.807, 2.05) is 6.92 Å².